The van der Waals surface area contributed by atoms with E-state index in [0.717, 1.165) is 0 Å². The van der Waals surface area contributed by atoms with E-state index in [1.807, 2.05) is 0 Å². The Labute approximate surface area is 220 Å². The van der Waals surface area contributed by atoms with Gasteiger partial charge in [-0.15, -0.1) is 0 Å². The van der Waals surface area contributed by atoms with E-state index >= 15 is 0 Å². The Balaban J connectivity index is 1.98. The fraction of sp³-hybridized carbons (Fsp3) is 0.133. The molecule has 0 unspecified atom stereocenters. The Morgan fingerprint density at radius 3 is 1.45 bits per heavy atom. The first kappa shape index (κ1) is 27.6. The van der Waals surface area contributed by atoms with Crippen molar-refractivity contribution >= 4 is 29.8 Å². The van der Waals surface area contributed by atoms with Gasteiger partial charge in [0.25, 0.3) is 0 Å². The first-order valence-corrected chi connectivity index (χ1v) is 11.4. The number of rotatable bonds is 11. The maximum absolute atomic E-state index is 13.2. The highest BCUT2D eigenvalue weighted by molar-refractivity contribution is 6.31. The summed E-state index contributed by atoms with van der Waals surface area (Å²) in [6.07, 6.45) is 7.06. The van der Waals surface area contributed by atoms with E-state index in [-0.39, 0.29) is 28.6 Å². The van der Waals surface area contributed by atoms with Crippen LogP contribution in [0, 0.1) is 0 Å². The highest BCUT2D eigenvalue weighted by atomic mass is 16.5. The minimum atomic E-state index is -0.537. The molecule has 0 saturated heterocycles. The van der Waals surface area contributed by atoms with Gasteiger partial charge in [0.05, 0.1) is 34.0 Å². The van der Waals surface area contributed by atoms with Crippen molar-refractivity contribution in [2.24, 2.45) is 0 Å². The Morgan fingerprint density at radius 2 is 1.00 bits per heavy atom. The maximum Gasteiger partial charge on any atom is 0.189 e. The lowest BCUT2D eigenvalue weighted by molar-refractivity contribution is -0.116. The molecule has 0 bridgehead atoms. The molecule has 0 atom stereocenters. The third-order valence-corrected chi connectivity index (χ3v) is 5.51. The number of phenolic OH excluding ortho intramolecular Hbond substituents is 2. The number of phenols is 2. The number of ketones is 2. The molecule has 0 aliphatic carbocycles. The van der Waals surface area contributed by atoms with Crippen molar-refractivity contribution in [1.29, 1.82) is 0 Å². The Morgan fingerprint density at radius 1 is 0.579 bits per heavy atom. The van der Waals surface area contributed by atoms with E-state index in [0.29, 0.717) is 28.2 Å². The van der Waals surface area contributed by atoms with Crippen LogP contribution in [0.1, 0.15) is 16.7 Å². The normalized spacial score (nSPS) is 10.8. The molecule has 3 aromatic rings. The quantitative estimate of drug-likeness (QED) is 0.206. The summed E-state index contributed by atoms with van der Waals surface area (Å²) in [4.78, 5) is 26.4. The highest BCUT2D eigenvalue weighted by Crippen LogP contribution is 2.30. The molecule has 0 amide bonds. The maximum atomic E-state index is 13.2. The number of hydrogen-bond acceptors (Lipinski definition) is 8. The van der Waals surface area contributed by atoms with E-state index < -0.39 is 11.6 Å². The zero-order valence-corrected chi connectivity index (χ0v) is 21.4. The van der Waals surface area contributed by atoms with Crippen molar-refractivity contribution in [3.63, 3.8) is 0 Å². The molecule has 2 N–H and O–H groups in total. The molecule has 8 heteroatoms. The molecule has 38 heavy (non-hydrogen) atoms. The number of allylic oxidation sites excluding steroid dienone is 3. The average Bonchev–Trinajstić information content (AvgIpc) is 2.94. The zero-order valence-electron chi connectivity index (χ0n) is 21.4. The molecule has 0 spiro atoms. The average molecular weight is 517 g/mol. The number of ether oxygens (including phenoxy) is 4. The molecular weight excluding hydrogens is 488 g/mol. The predicted octanol–water partition coefficient (Wildman–Crippen LogP) is 5.08. The van der Waals surface area contributed by atoms with Crippen LogP contribution in [0.3, 0.4) is 0 Å². The summed E-state index contributed by atoms with van der Waals surface area (Å²) in [7, 11) is 5.85. The van der Waals surface area contributed by atoms with Crippen molar-refractivity contribution in [3.05, 3.63) is 89.0 Å². The van der Waals surface area contributed by atoms with E-state index in [9.17, 15) is 19.8 Å². The first-order chi connectivity index (χ1) is 18.3. The molecule has 3 aromatic carbocycles. The van der Waals surface area contributed by atoms with Crippen molar-refractivity contribution in [2.45, 2.75) is 0 Å². The molecule has 0 aliphatic heterocycles. The summed E-state index contributed by atoms with van der Waals surface area (Å²) in [5, 5.41) is 19.6. The lowest BCUT2D eigenvalue weighted by Gasteiger charge is -2.08. The van der Waals surface area contributed by atoms with Gasteiger partial charge >= 0.3 is 0 Å². The van der Waals surface area contributed by atoms with Crippen molar-refractivity contribution in [1.82, 2.24) is 0 Å². The van der Waals surface area contributed by atoms with Gasteiger partial charge in [0.2, 0.25) is 0 Å². The van der Waals surface area contributed by atoms with Crippen LogP contribution in [-0.2, 0) is 9.59 Å². The molecule has 8 nitrogen and oxygen atoms in total. The molecule has 0 radical (unpaired) electrons. The largest absolute Gasteiger partial charge is 0.504 e. The predicted molar refractivity (Wildman–Crippen MR) is 145 cm³/mol. The van der Waals surface area contributed by atoms with Crippen LogP contribution >= 0.6 is 0 Å². The van der Waals surface area contributed by atoms with Gasteiger partial charge in [0.1, 0.15) is 0 Å². The van der Waals surface area contributed by atoms with Crippen molar-refractivity contribution in [2.75, 3.05) is 28.4 Å². The van der Waals surface area contributed by atoms with Crippen LogP contribution in [0.2, 0.25) is 0 Å². The molecule has 0 fully saturated rings. The second-order valence-corrected chi connectivity index (χ2v) is 7.93. The lowest BCUT2D eigenvalue weighted by Crippen LogP contribution is -2.08. The SMILES string of the molecule is COc1cc(/C=C/C(=O)C(=Cc2ccc(OC)c(OC)c2)C(=O)/C=C/c2ccc(O)c(OC)c2)ccc1O. The summed E-state index contributed by atoms with van der Waals surface area (Å²) in [5.74, 6) is 0.320. The molecule has 196 valence electrons. The summed E-state index contributed by atoms with van der Waals surface area (Å²) >= 11 is 0. The fourth-order valence-corrected chi connectivity index (χ4v) is 3.49. The standard InChI is InChI=1S/C30H28O8/c1-35-27-14-9-21(18-30(27)38-4)15-22(23(31)10-5-19-7-12-25(33)28(16-19)36-2)24(32)11-6-20-8-13-26(34)29(17-20)37-3/h5-18,33-34H,1-4H3/b10-5+,11-6+. The van der Waals surface area contributed by atoms with Gasteiger partial charge in [-0.3, -0.25) is 9.59 Å². The lowest BCUT2D eigenvalue weighted by atomic mass is 10.0. The summed E-state index contributed by atoms with van der Waals surface area (Å²) in [6, 6.07) is 14.3. The topological polar surface area (TPSA) is 112 Å². The third-order valence-electron chi connectivity index (χ3n) is 5.51. The van der Waals surface area contributed by atoms with Crippen LogP contribution in [0.5, 0.6) is 34.5 Å². The van der Waals surface area contributed by atoms with Gasteiger partial charge in [-0.25, -0.2) is 0 Å². The third kappa shape index (κ3) is 6.82. The van der Waals surface area contributed by atoms with Crippen LogP contribution < -0.4 is 18.9 Å². The number of aromatic hydroxyl groups is 2. The first-order valence-electron chi connectivity index (χ1n) is 11.4. The van der Waals surface area contributed by atoms with Gasteiger partial charge in [0, 0.05) is 0 Å². The molecule has 3 rings (SSSR count). The van der Waals surface area contributed by atoms with Gasteiger partial charge in [-0.2, -0.15) is 0 Å². The molecule has 0 saturated carbocycles. The number of carbonyl (C=O) groups is 2. The smallest absolute Gasteiger partial charge is 0.189 e. The minimum absolute atomic E-state index is 0.0313. The molecule has 0 heterocycles. The van der Waals surface area contributed by atoms with E-state index in [1.54, 1.807) is 42.5 Å². The van der Waals surface area contributed by atoms with Crippen LogP contribution in [-0.4, -0.2) is 50.2 Å². The Bertz CT molecular complexity index is 1340. The molecule has 0 aliphatic rings. The van der Waals surface area contributed by atoms with Gasteiger partial charge in [-0.05, 0) is 71.3 Å². The van der Waals surface area contributed by atoms with Gasteiger partial charge in [-0.1, -0.05) is 30.4 Å². The van der Waals surface area contributed by atoms with E-state index in [2.05, 4.69) is 0 Å². The van der Waals surface area contributed by atoms with Crippen molar-refractivity contribution in [3.8, 4) is 34.5 Å². The second-order valence-electron chi connectivity index (χ2n) is 7.93. The summed E-state index contributed by atoms with van der Waals surface area (Å²) < 4.78 is 20.8. The molecule has 0 aromatic heterocycles. The van der Waals surface area contributed by atoms with Gasteiger partial charge < -0.3 is 29.2 Å². The number of carbonyl (C=O) groups excluding carboxylic acids is 2. The summed E-state index contributed by atoms with van der Waals surface area (Å²) in [5.41, 5.74) is 1.65. The van der Waals surface area contributed by atoms with E-state index in [1.165, 1.54) is 71.0 Å². The summed E-state index contributed by atoms with van der Waals surface area (Å²) in [6.45, 7) is 0. The number of hydrogen-bond donors (Lipinski definition) is 2. The highest BCUT2D eigenvalue weighted by Gasteiger charge is 2.15. The fourth-order valence-electron chi connectivity index (χ4n) is 3.49. The Kier molecular flexibility index (Phi) is 9.31. The second kappa shape index (κ2) is 12.8. The molecular formula is C30H28O8. The van der Waals surface area contributed by atoms with Crippen LogP contribution in [0.15, 0.2) is 72.3 Å². The van der Waals surface area contributed by atoms with E-state index in [4.69, 9.17) is 18.9 Å². The van der Waals surface area contributed by atoms with Crippen LogP contribution in [0.25, 0.3) is 18.2 Å². The zero-order chi connectivity index (χ0) is 27.7. The monoisotopic (exact) mass is 516 g/mol. The van der Waals surface area contributed by atoms with Crippen molar-refractivity contribution < 1.29 is 38.7 Å². The van der Waals surface area contributed by atoms with Crippen LogP contribution in [0.4, 0.5) is 0 Å². The Hall–Kier alpha value is -4.98. The number of methoxy groups -OCH3 is 4. The number of benzene rings is 3. The van der Waals surface area contributed by atoms with Gasteiger partial charge in [0.15, 0.2) is 46.1 Å². The minimum Gasteiger partial charge on any atom is -0.504 e.